The highest BCUT2D eigenvalue weighted by Gasteiger charge is 2.43. The van der Waals surface area contributed by atoms with Gasteiger partial charge in [-0.15, -0.1) is 0 Å². The summed E-state index contributed by atoms with van der Waals surface area (Å²) in [7, 11) is 0. The summed E-state index contributed by atoms with van der Waals surface area (Å²) in [6.45, 7) is 9.54. The molecule has 6 nitrogen and oxygen atoms in total. The van der Waals surface area contributed by atoms with Crippen molar-refractivity contribution in [3.8, 4) is 0 Å². The van der Waals surface area contributed by atoms with Crippen molar-refractivity contribution in [1.82, 2.24) is 9.80 Å². The van der Waals surface area contributed by atoms with Crippen LogP contribution in [0.4, 0.5) is 0 Å². The zero-order chi connectivity index (χ0) is 18.8. The fourth-order valence-corrected chi connectivity index (χ4v) is 4.70. The monoisotopic (exact) mass is 361 g/mol. The maximum absolute atomic E-state index is 13.2. The molecule has 2 fully saturated rings. The van der Waals surface area contributed by atoms with Crippen molar-refractivity contribution >= 4 is 11.8 Å². The smallest absolute Gasteiger partial charge is 0.284 e. The standard InChI is InChI=1S/C20H31N3O3/c1-4-5-14-12-22(13(2)3)9-7-17(14)23-10-6-16(20(23)25)15-8-11-26-18(15)19(21)24/h8,11,13-14,16-17H,4-7,9-10,12H2,1-3H3,(H2,21,24)/t14-,16+,17+/m1/s1. The number of primary amides is 1. The molecule has 6 heteroatoms. The van der Waals surface area contributed by atoms with Crippen molar-refractivity contribution in [3.05, 3.63) is 23.7 Å². The van der Waals surface area contributed by atoms with E-state index in [1.54, 1.807) is 6.07 Å². The van der Waals surface area contributed by atoms with Crippen LogP contribution in [0.3, 0.4) is 0 Å². The van der Waals surface area contributed by atoms with Crippen LogP contribution in [0.15, 0.2) is 16.7 Å². The molecule has 144 valence electrons. The van der Waals surface area contributed by atoms with Crippen LogP contribution >= 0.6 is 0 Å². The number of piperidine rings is 1. The molecule has 1 aromatic heterocycles. The second-order valence-corrected chi connectivity index (χ2v) is 7.94. The Hall–Kier alpha value is -1.82. The van der Waals surface area contributed by atoms with Crippen molar-refractivity contribution in [2.75, 3.05) is 19.6 Å². The van der Waals surface area contributed by atoms with Gasteiger partial charge in [0.05, 0.1) is 12.2 Å². The summed E-state index contributed by atoms with van der Waals surface area (Å²) in [4.78, 5) is 29.3. The van der Waals surface area contributed by atoms with Crippen molar-refractivity contribution < 1.29 is 14.0 Å². The minimum Gasteiger partial charge on any atom is -0.459 e. The van der Waals surface area contributed by atoms with Crippen LogP contribution in [0.5, 0.6) is 0 Å². The summed E-state index contributed by atoms with van der Waals surface area (Å²) in [5, 5.41) is 0. The lowest BCUT2D eigenvalue weighted by molar-refractivity contribution is -0.133. The Morgan fingerprint density at radius 3 is 2.77 bits per heavy atom. The van der Waals surface area contributed by atoms with Gasteiger partial charge in [-0.25, -0.2) is 0 Å². The molecule has 0 aliphatic carbocycles. The third-order valence-electron chi connectivity index (χ3n) is 6.05. The van der Waals surface area contributed by atoms with Gasteiger partial charge in [0.15, 0.2) is 5.76 Å². The first-order valence-corrected chi connectivity index (χ1v) is 9.85. The Balaban J connectivity index is 1.76. The Morgan fingerprint density at radius 2 is 2.12 bits per heavy atom. The molecule has 2 amide bonds. The highest BCUT2D eigenvalue weighted by molar-refractivity contribution is 5.95. The molecule has 2 saturated heterocycles. The lowest BCUT2D eigenvalue weighted by Gasteiger charge is -2.44. The third-order valence-corrected chi connectivity index (χ3v) is 6.05. The summed E-state index contributed by atoms with van der Waals surface area (Å²) in [6, 6.07) is 2.56. The fraction of sp³-hybridized carbons (Fsp3) is 0.700. The van der Waals surface area contributed by atoms with Crippen molar-refractivity contribution in [1.29, 1.82) is 0 Å². The number of nitrogens with two attached hydrogens (primary N) is 1. The van der Waals surface area contributed by atoms with Gasteiger partial charge < -0.3 is 20.0 Å². The predicted octanol–water partition coefficient (Wildman–Crippen LogP) is 2.59. The topological polar surface area (TPSA) is 79.8 Å². The molecule has 2 N–H and O–H groups in total. The zero-order valence-corrected chi connectivity index (χ0v) is 16.1. The Labute approximate surface area is 155 Å². The van der Waals surface area contributed by atoms with Crippen LogP contribution in [0.25, 0.3) is 0 Å². The summed E-state index contributed by atoms with van der Waals surface area (Å²) in [5.41, 5.74) is 6.04. The first-order valence-electron chi connectivity index (χ1n) is 9.85. The van der Waals surface area contributed by atoms with Crippen LogP contribution in [0, 0.1) is 5.92 Å². The SMILES string of the molecule is CCC[C@@H]1CN(C(C)C)CC[C@@H]1N1CC[C@@H](c2ccoc2C(N)=O)C1=O. The van der Waals surface area contributed by atoms with Crippen LogP contribution in [0.2, 0.25) is 0 Å². The van der Waals surface area contributed by atoms with E-state index >= 15 is 0 Å². The first-order chi connectivity index (χ1) is 12.4. The van der Waals surface area contributed by atoms with Gasteiger partial charge in [-0.1, -0.05) is 13.3 Å². The Kier molecular flexibility index (Phi) is 5.70. The average Bonchev–Trinajstić information content (AvgIpc) is 3.21. The van der Waals surface area contributed by atoms with Gasteiger partial charge >= 0.3 is 0 Å². The van der Waals surface area contributed by atoms with E-state index in [-0.39, 0.29) is 17.6 Å². The molecular formula is C20H31N3O3. The Bertz CT molecular complexity index is 654. The quantitative estimate of drug-likeness (QED) is 0.844. The average molecular weight is 361 g/mol. The van der Waals surface area contributed by atoms with E-state index in [9.17, 15) is 9.59 Å². The number of amides is 2. The lowest BCUT2D eigenvalue weighted by atomic mass is 9.86. The van der Waals surface area contributed by atoms with Crippen molar-refractivity contribution in [3.63, 3.8) is 0 Å². The second kappa shape index (κ2) is 7.82. The van der Waals surface area contributed by atoms with Gasteiger partial charge in [-0.3, -0.25) is 9.59 Å². The van der Waals surface area contributed by atoms with E-state index in [1.165, 1.54) is 6.26 Å². The van der Waals surface area contributed by atoms with E-state index in [0.29, 0.717) is 23.6 Å². The van der Waals surface area contributed by atoms with Crippen LogP contribution in [-0.2, 0) is 4.79 Å². The number of likely N-dealkylation sites (tertiary alicyclic amines) is 2. The maximum atomic E-state index is 13.2. The first kappa shape index (κ1) is 19.0. The van der Waals surface area contributed by atoms with Gasteiger partial charge in [-0.2, -0.15) is 0 Å². The molecule has 0 spiro atoms. The van der Waals surface area contributed by atoms with E-state index in [1.807, 2.05) is 0 Å². The molecule has 26 heavy (non-hydrogen) atoms. The van der Waals surface area contributed by atoms with E-state index in [4.69, 9.17) is 10.2 Å². The van der Waals surface area contributed by atoms with Gasteiger partial charge in [0.25, 0.3) is 5.91 Å². The molecule has 1 aromatic rings. The molecule has 0 bridgehead atoms. The number of furan rings is 1. The molecule has 0 saturated carbocycles. The van der Waals surface area contributed by atoms with Gasteiger partial charge in [-0.05, 0) is 45.1 Å². The highest BCUT2D eigenvalue weighted by Crippen LogP contribution is 2.36. The van der Waals surface area contributed by atoms with E-state index < -0.39 is 5.91 Å². The molecule has 0 unspecified atom stereocenters. The highest BCUT2D eigenvalue weighted by atomic mass is 16.3. The summed E-state index contributed by atoms with van der Waals surface area (Å²) >= 11 is 0. The molecule has 3 heterocycles. The van der Waals surface area contributed by atoms with Crippen molar-refractivity contribution in [2.45, 2.75) is 64.5 Å². The fourth-order valence-electron chi connectivity index (χ4n) is 4.70. The molecule has 3 atom stereocenters. The minimum atomic E-state index is -0.606. The number of hydrogen-bond acceptors (Lipinski definition) is 4. The predicted molar refractivity (Wildman–Crippen MR) is 99.8 cm³/mol. The molecule has 2 aliphatic rings. The van der Waals surface area contributed by atoms with Crippen LogP contribution in [-0.4, -0.2) is 53.3 Å². The summed E-state index contributed by atoms with van der Waals surface area (Å²) < 4.78 is 5.22. The third kappa shape index (κ3) is 3.52. The van der Waals surface area contributed by atoms with E-state index in [0.717, 1.165) is 45.3 Å². The number of nitrogens with zero attached hydrogens (tertiary/aromatic N) is 2. The van der Waals surface area contributed by atoms with Crippen LogP contribution in [0.1, 0.15) is 68.5 Å². The van der Waals surface area contributed by atoms with Crippen molar-refractivity contribution in [2.24, 2.45) is 11.7 Å². The van der Waals surface area contributed by atoms with Gasteiger partial charge in [0.2, 0.25) is 5.91 Å². The molecule has 0 aromatic carbocycles. The van der Waals surface area contributed by atoms with Crippen LogP contribution < -0.4 is 5.73 Å². The van der Waals surface area contributed by atoms with Gasteiger partial charge in [0, 0.05) is 37.3 Å². The van der Waals surface area contributed by atoms with E-state index in [2.05, 4.69) is 30.6 Å². The molecular weight excluding hydrogens is 330 g/mol. The molecule has 2 aliphatic heterocycles. The summed E-state index contributed by atoms with van der Waals surface area (Å²) in [5.74, 6) is -0.145. The second-order valence-electron chi connectivity index (χ2n) is 7.94. The number of rotatable bonds is 6. The maximum Gasteiger partial charge on any atom is 0.284 e. The number of carbonyl (C=O) groups excluding carboxylic acids is 2. The summed E-state index contributed by atoms with van der Waals surface area (Å²) in [6.07, 6.45) is 5.47. The largest absolute Gasteiger partial charge is 0.459 e. The normalized spacial score (nSPS) is 27.5. The lowest BCUT2D eigenvalue weighted by Crippen LogP contribution is -2.53. The minimum absolute atomic E-state index is 0.123. The molecule has 0 radical (unpaired) electrons. The number of carbonyl (C=O) groups is 2. The zero-order valence-electron chi connectivity index (χ0n) is 16.1. The molecule has 3 rings (SSSR count). The van der Waals surface area contributed by atoms with Gasteiger partial charge in [0.1, 0.15) is 0 Å². The number of hydrogen-bond donors (Lipinski definition) is 1. The Morgan fingerprint density at radius 1 is 1.35 bits per heavy atom.